The predicted molar refractivity (Wildman–Crippen MR) is 101 cm³/mol. The largest absolute Gasteiger partial charge is 0.474 e. The minimum Gasteiger partial charge on any atom is -0.474 e. The number of fused-ring (bicyclic) bond motifs is 1. The van der Waals surface area contributed by atoms with Crippen molar-refractivity contribution in [3.05, 3.63) is 59.9 Å². The molecule has 132 valence electrons. The van der Waals surface area contributed by atoms with Crippen LogP contribution in [0.15, 0.2) is 48.8 Å². The van der Waals surface area contributed by atoms with Gasteiger partial charge in [-0.2, -0.15) is 5.26 Å². The molecule has 5 heteroatoms. The highest BCUT2D eigenvalue weighted by atomic mass is 16.5. The number of rotatable bonds is 5. The third-order valence-corrected chi connectivity index (χ3v) is 5.09. The van der Waals surface area contributed by atoms with Crippen LogP contribution >= 0.6 is 0 Å². The summed E-state index contributed by atoms with van der Waals surface area (Å²) in [5, 5.41) is 13.8. The zero-order chi connectivity index (χ0) is 17.8. The van der Waals surface area contributed by atoms with Gasteiger partial charge in [0.15, 0.2) is 0 Å². The van der Waals surface area contributed by atoms with Gasteiger partial charge in [0.25, 0.3) is 0 Å². The first-order valence-corrected chi connectivity index (χ1v) is 9.13. The molecule has 4 rings (SSSR count). The molecule has 1 saturated carbocycles. The van der Waals surface area contributed by atoms with Crippen LogP contribution in [0.3, 0.4) is 0 Å². The van der Waals surface area contributed by atoms with Crippen molar-refractivity contribution in [2.75, 3.05) is 0 Å². The second-order valence-corrected chi connectivity index (χ2v) is 6.83. The van der Waals surface area contributed by atoms with Crippen molar-refractivity contribution < 1.29 is 4.74 Å². The first-order chi connectivity index (χ1) is 12.8. The van der Waals surface area contributed by atoms with E-state index >= 15 is 0 Å². The predicted octanol–water partition coefficient (Wildman–Crippen LogP) is 3.91. The second-order valence-electron chi connectivity index (χ2n) is 6.83. The fourth-order valence-corrected chi connectivity index (χ4v) is 3.63. The van der Waals surface area contributed by atoms with Crippen LogP contribution < -0.4 is 10.1 Å². The molecule has 0 spiro atoms. The van der Waals surface area contributed by atoms with Gasteiger partial charge in [0, 0.05) is 41.9 Å². The number of nitriles is 1. The van der Waals surface area contributed by atoms with E-state index in [1.807, 2.05) is 6.20 Å². The smallest absolute Gasteiger partial charge is 0.213 e. The van der Waals surface area contributed by atoms with Crippen molar-refractivity contribution in [3.63, 3.8) is 0 Å². The Kier molecular flexibility index (Phi) is 4.85. The van der Waals surface area contributed by atoms with Crippen LogP contribution in [0.4, 0.5) is 0 Å². The van der Waals surface area contributed by atoms with E-state index in [0.717, 1.165) is 32.2 Å². The highest BCUT2D eigenvalue weighted by molar-refractivity contribution is 5.82. The van der Waals surface area contributed by atoms with Crippen molar-refractivity contribution in [1.29, 1.82) is 5.26 Å². The molecular formula is C21H22N4O. The molecule has 0 unspecified atom stereocenters. The van der Waals surface area contributed by atoms with E-state index < -0.39 is 0 Å². The lowest BCUT2D eigenvalue weighted by atomic mass is 9.92. The van der Waals surface area contributed by atoms with Gasteiger partial charge in [0.05, 0.1) is 5.56 Å². The molecular weight excluding hydrogens is 324 g/mol. The minimum atomic E-state index is 0.210. The molecule has 0 amide bonds. The normalized spacial score (nSPS) is 20.0. The molecule has 2 heterocycles. The zero-order valence-corrected chi connectivity index (χ0v) is 14.6. The topological polar surface area (TPSA) is 73.7 Å². The standard InChI is InChI=1S/C21H22N4O/c22-12-15-4-9-21(25-13-15)26-18-7-5-17(6-8-18)24-14-16-2-1-3-20-19(16)10-11-23-20/h1-4,9-11,13,17-18,23-24H,5-8,14H2. The Hall–Kier alpha value is -2.84. The molecule has 2 N–H and O–H groups in total. The number of hydrogen-bond donors (Lipinski definition) is 2. The Morgan fingerprint density at radius 2 is 2.04 bits per heavy atom. The van der Waals surface area contributed by atoms with Crippen LogP contribution in [0, 0.1) is 11.3 Å². The van der Waals surface area contributed by atoms with E-state index in [1.54, 1.807) is 18.3 Å². The Bertz CT molecular complexity index is 902. The molecule has 1 aliphatic rings. The highest BCUT2D eigenvalue weighted by Gasteiger charge is 2.22. The van der Waals surface area contributed by atoms with Gasteiger partial charge in [0.1, 0.15) is 12.2 Å². The van der Waals surface area contributed by atoms with Gasteiger partial charge in [-0.05, 0) is 49.4 Å². The monoisotopic (exact) mass is 346 g/mol. The van der Waals surface area contributed by atoms with Crippen LogP contribution in [0.25, 0.3) is 10.9 Å². The zero-order valence-electron chi connectivity index (χ0n) is 14.6. The molecule has 0 radical (unpaired) electrons. The molecule has 1 aromatic carbocycles. The van der Waals surface area contributed by atoms with Crippen LogP contribution in [0.1, 0.15) is 36.8 Å². The number of pyridine rings is 1. The van der Waals surface area contributed by atoms with Gasteiger partial charge in [-0.3, -0.25) is 0 Å². The Morgan fingerprint density at radius 3 is 2.81 bits per heavy atom. The van der Waals surface area contributed by atoms with E-state index in [4.69, 9.17) is 10.00 Å². The van der Waals surface area contributed by atoms with Crippen molar-refractivity contribution in [2.45, 2.75) is 44.4 Å². The summed E-state index contributed by atoms with van der Waals surface area (Å²) in [4.78, 5) is 7.47. The highest BCUT2D eigenvalue weighted by Crippen LogP contribution is 2.24. The van der Waals surface area contributed by atoms with E-state index in [2.05, 4.69) is 45.6 Å². The lowest BCUT2D eigenvalue weighted by molar-refractivity contribution is 0.134. The van der Waals surface area contributed by atoms with Crippen molar-refractivity contribution in [1.82, 2.24) is 15.3 Å². The van der Waals surface area contributed by atoms with E-state index in [-0.39, 0.29) is 6.10 Å². The number of nitrogens with one attached hydrogen (secondary N) is 2. The third kappa shape index (κ3) is 3.71. The molecule has 1 aliphatic carbocycles. The molecule has 0 aliphatic heterocycles. The maximum atomic E-state index is 8.82. The molecule has 3 aromatic rings. The molecule has 26 heavy (non-hydrogen) atoms. The van der Waals surface area contributed by atoms with Crippen molar-refractivity contribution in [3.8, 4) is 11.9 Å². The summed E-state index contributed by atoms with van der Waals surface area (Å²) in [6, 6.07) is 14.7. The van der Waals surface area contributed by atoms with Crippen LogP contribution in [-0.4, -0.2) is 22.1 Å². The van der Waals surface area contributed by atoms with E-state index in [9.17, 15) is 0 Å². The van der Waals surface area contributed by atoms with E-state index in [1.165, 1.54) is 16.5 Å². The van der Waals surface area contributed by atoms with Crippen molar-refractivity contribution >= 4 is 10.9 Å². The average Bonchev–Trinajstić information content (AvgIpc) is 3.17. The molecule has 0 saturated heterocycles. The Labute approximate surface area is 153 Å². The number of ether oxygens (including phenoxy) is 1. The molecule has 1 fully saturated rings. The van der Waals surface area contributed by atoms with Gasteiger partial charge in [-0.1, -0.05) is 12.1 Å². The third-order valence-electron chi connectivity index (χ3n) is 5.09. The summed E-state index contributed by atoms with van der Waals surface area (Å²) in [7, 11) is 0. The number of aromatic amines is 1. The van der Waals surface area contributed by atoms with Gasteiger partial charge in [-0.15, -0.1) is 0 Å². The Balaban J connectivity index is 1.27. The number of H-pyrrole nitrogens is 1. The summed E-state index contributed by atoms with van der Waals surface area (Å²) >= 11 is 0. The summed E-state index contributed by atoms with van der Waals surface area (Å²) in [5.41, 5.74) is 3.09. The van der Waals surface area contributed by atoms with Gasteiger partial charge in [0.2, 0.25) is 5.88 Å². The number of benzene rings is 1. The minimum absolute atomic E-state index is 0.210. The average molecular weight is 346 g/mol. The molecule has 0 atom stereocenters. The first-order valence-electron chi connectivity index (χ1n) is 9.13. The summed E-state index contributed by atoms with van der Waals surface area (Å²) in [6.07, 6.45) is 8.01. The van der Waals surface area contributed by atoms with Crippen LogP contribution in [0.5, 0.6) is 5.88 Å². The number of hydrogen-bond acceptors (Lipinski definition) is 4. The lowest BCUT2D eigenvalue weighted by Crippen LogP contribution is -2.36. The maximum Gasteiger partial charge on any atom is 0.213 e. The first kappa shape index (κ1) is 16.6. The SMILES string of the molecule is N#Cc1ccc(OC2CCC(NCc3cccc4[nH]ccc34)CC2)nc1. The van der Waals surface area contributed by atoms with Gasteiger partial charge in [-0.25, -0.2) is 4.98 Å². The molecule has 5 nitrogen and oxygen atoms in total. The maximum absolute atomic E-state index is 8.82. The van der Waals surface area contributed by atoms with Gasteiger partial charge >= 0.3 is 0 Å². The summed E-state index contributed by atoms with van der Waals surface area (Å²) in [6.45, 7) is 0.891. The number of nitrogens with zero attached hydrogens (tertiary/aromatic N) is 2. The fraction of sp³-hybridized carbons (Fsp3) is 0.333. The summed E-state index contributed by atoms with van der Waals surface area (Å²) in [5.74, 6) is 0.611. The second kappa shape index (κ2) is 7.59. The van der Waals surface area contributed by atoms with Crippen LogP contribution in [0.2, 0.25) is 0 Å². The number of aromatic nitrogens is 2. The van der Waals surface area contributed by atoms with Crippen molar-refractivity contribution in [2.24, 2.45) is 0 Å². The fourth-order valence-electron chi connectivity index (χ4n) is 3.63. The molecule has 2 aromatic heterocycles. The van der Waals surface area contributed by atoms with E-state index in [0.29, 0.717) is 17.5 Å². The summed E-state index contributed by atoms with van der Waals surface area (Å²) < 4.78 is 5.96. The van der Waals surface area contributed by atoms with Gasteiger partial charge < -0.3 is 15.0 Å². The Morgan fingerprint density at radius 1 is 1.15 bits per heavy atom. The quantitative estimate of drug-likeness (QED) is 0.734. The lowest BCUT2D eigenvalue weighted by Gasteiger charge is -2.29. The molecule has 0 bridgehead atoms. The van der Waals surface area contributed by atoms with Crippen LogP contribution in [-0.2, 0) is 6.54 Å².